The van der Waals surface area contributed by atoms with Gasteiger partial charge in [0.25, 0.3) is 5.91 Å². The van der Waals surface area contributed by atoms with Crippen LogP contribution in [-0.2, 0) is 22.6 Å². The summed E-state index contributed by atoms with van der Waals surface area (Å²) in [5, 5.41) is 12.5. The van der Waals surface area contributed by atoms with Gasteiger partial charge in [0.2, 0.25) is 5.91 Å². The lowest BCUT2D eigenvalue weighted by Gasteiger charge is -2.23. The minimum atomic E-state index is -0.228. The molecule has 180 valence electrons. The third-order valence-corrected chi connectivity index (χ3v) is 5.65. The number of hydrogen-bond acceptors (Lipinski definition) is 6. The Labute approximate surface area is 200 Å². The highest BCUT2D eigenvalue weighted by Gasteiger charge is 2.27. The second kappa shape index (κ2) is 11.5. The zero-order valence-corrected chi connectivity index (χ0v) is 20.5. The van der Waals surface area contributed by atoms with Crippen molar-refractivity contribution in [3.05, 3.63) is 40.9 Å². The molecule has 1 aromatic heterocycles. The van der Waals surface area contributed by atoms with Crippen LogP contribution < -0.4 is 10.1 Å². The molecule has 0 spiro atoms. The first-order chi connectivity index (χ1) is 15.7. The van der Waals surface area contributed by atoms with Gasteiger partial charge in [0, 0.05) is 31.1 Å². The summed E-state index contributed by atoms with van der Waals surface area (Å²) in [5.41, 5.74) is 0. The lowest BCUT2D eigenvalue weighted by molar-refractivity contribution is -0.133. The molecular weight excluding hydrogens is 444 g/mol. The standard InChI is InChI=1S/C23H33ClN6O3/c1-16(2)13-19(25-21(31)14-28(3)4)23-27-26-20-9-10-29(11-12-30(20)23)22(32)15-33-18-7-5-17(24)6-8-18/h5-8,16,19H,9-15H2,1-4H3,(H,25,31)/t19-/m0/s1. The molecule has 1 aliphatic heterocycles. The lowest BCUT2D eigenvalue weighted by Crippen LogP contribution is -2.38. The van der Waals surface area contributed by atoms with Crippen LogP contribution in [0.4, 0.5) is 0 Å². The number of amides is 2. The minimum Gasteiger partial charge on any atom is -0.484 e. The summed E-state index contributed by atoms with van der Waals surface area (Å²) in [5.74, 6) is 2.42. The number of fused-ring (bicyclic) bond motifs is 1. The van der Waals surface area contributed by atoms with Crippen molar-refractivity contribution < 1.29 is 14.3 Å². The minimum absolute atomic E-state index is 0.0361. The monoisotopic (exact) mass is 476 g/mol. The van der Waals surface area contributed by atoms with Crippen molar-refractivity contribution in [2.75, 3.05) is 40.3 Å². The van der Waals surface area contributed by atoms with E-state index in [0.717, 1.165) is 18.1 Å². The van der Waals surface area contributed by atoms with E-state index in [9.17, 15) is 9.59 Å². The number of halogens is 1. The van der Waals surface area contributed by atoms with Gasteiger partial charge in [0.1, 0.15) is 11.6 Å². The quantitative estimate of drug-likeness (QED) is 0.596. The molecule has 0 saturated heterocycles. The van der Waals surface area contributed by atoms with Gasteiger partial charge < -0.3 is 24.4 Å². The number of rotatable bonds is 9. The van der Waals surface area contributed by atoms with Crippen molar-refractivity contribution in [3.63, 3.8) is 0 Å². The Morgan fingerprint density at radius 3 is 2.55 bits per heavy atom. The Balaban J connectivity index is 1.65. The molecule has 1 aromatic carbocycles. The first-order valence-corrected chi connectivity index (χ1v) is 11.6. The molecule has 1 N–H and O–H groups in total. The van der Waals surface area contributed by atoms with Crippen LogP contribution in [0.15, 0.2) is 24.3 Å². The maximum absolute atomic E-state index is 12.7. The first kappa shape index (κ1) is 25.0. The number of nitrogens with one attached hydrogen (secondary N) is 1. The molecule has 0 bridgehead atoms. The summed E-state index contributed by atoms with van der Waals surface area (Å²) in [6.45, 7) is 6.15. The summed E-state index contributed by atoms with van der Waals surface area (Å²) in [7, 11) is 3.73. The smallest absolute Gasteiger partial charge is 0.260 e. The highest BCUT2D eigenvalue weighted by Crippen LogP contribution is 2.22. The number of likely N-dealkylation sites (N-methyl/N-ethyl adjacent to an activating group) is 1. The third kappa shape index (κ3) is 7.17. The Morgan fingerprint density at radius 1 is 1.15 bits per heavy atom. The average Bonchev–Trinajstić information content (AvgIpc) is 3.03. The second-order valence-corrected chi connectivity index (χ2v) is 9.42. The zero-order valence-electron chi connectivity index (χ0n) is 19.8. The molecule has 1 atom stereocenters. The molecule has 1 aliphatic rings. The van der Waals surface area contributed by atoms with Gasteiger partial charge in [-0.3, -0.25) is 9.59 Å². The van der Waals surface area contributed by atoms with Crippen LogP contribution in [-0.4, -0.2) is 76.7 Å². The van der Waals surface area contributed by atoms with Crippen molar-refractivity contribution in [1.82, 2.24) is 29.9 Å². The summed E-state index contributed by atoms with van der Waals surface area (Å²) in [6.07, 6.45) is 1.36. The van der Waals surface area contributed by atoms with Gasteiger partial charge in [0.05, 0.1) is 12.6 Å². The number of carbonyl (C=O) groups is 2. The second-order valence-electron chi connectivity index (χ2n) is 8.99. The van der Waals surface area contributed by atoms with E-state index in [-0.39, 0.29) is 24.5 Å². The van der Waals surface area contributed by atoms with E-state index in [1.165, 1.54) is 0 Å². The molecule has 2 amide bonds. The summed E-state index contributed by atoms with van der Waals surface area (Å²) in [4.78, 5) is 28.8. The molecule has 9 nitrogen and oxygen atoms in total. The average molecular weight is 477 g/mol. The van der Waals surface area contributed by atoms with Gasteiger partial charge in [-0.1, -0.05) is 25.4 Å². The van der Waals surface area contributed by atoms with Gasteiger partial charge in [-0.2, -0.15) is 0 Å². The first-order valence-electron chi connectivity index (χ1n) is 11.2. The van der Waals surface area contributed by atoms with Gasteiger partial charge in [-0.25, -0.2) is 0 Å². The molecule has 3 rings (SSSR count). The largest absolute Gasteiger partial charge is 0.484 e. The summed E-state index contributed by atoms with van der Waals surface area (Å²) >= 11 is 5.89. The normalized spacial score (nSPS) is 14.7. The van der Waals surface area contributed by atoms with Crippen molar-refractivity contribution in [2.24, 2.45) is 5.92 Å². The van der Waals surface area contributed by atoms with Crippen LogP contribution in [0.1, 0.15) is 38.0 Å². The number of benzene rings is 1. The van der Waals surface area contributed by atoms with Crippen LogP contribution in [0, 0.1) is 5.92 Å². The van der Waals surface area contributed by atoms with Gasteiger partial charge in [-0.15, -0.1) is 10.2 Å². The summed E-state index contributed by atoms with van der Waals surface area (Å²) < 4.78 is 7.67. The summed E-state index contributed by atoms with van der Waals surface area (Å²) in [6, 6.07) is 6.71. The van der Waals surface area contributed by atoms with Gasteiger partial charge >= 0.3 is 0 Å². The maximum atomic E-state index is 12.7. The van der Waals surface area contributed by atoms with Crippen LogP contribution in [0.3, 0.4) is 0 Å². The predicted molar refractivity (Wildman–Crippen MR) is 126 cm³/mol. The van der Waals surface area contributed by atoms with Gasteiger partial charge in [0.15, 0.2) is 12.4 Å². The van der Waals surface area contributed by atoms with E-state index >= 15 is 0 Å². The van der Waals surface area contributed by atoms with Crippen molar-refractivity contribution in [2.45, 2.75) is 39.3 Å². The number of carbonyl (C=O) groups excluding carboxylic acids is 2. The van der Waals surface area contributed by atoms with Crippen LogP contribution in [0.2, 0.25) is 5.02 Å². The predicted octanol–water partition coefficient (Wildman–Crippen LogP) is 2.16. The Morgan fingerprint density at radius 2 is 1.88 bits per heavy atom. The topological polar surface area (TPSA) is 92.6 Å². The maximum Gasteiger partial charge on any atom is 0.260 e. The number of nitrogens with zero attached hydrogens (tertiary/aromatic N) is 5. The molecule has 0 radical (unpaired) electrons. The fourth-order valence-corrected chi connectivity index (χ4v) is 3.97. The van der Waals surface area contributed by atoms with E-state index in [2.05, 4.69) is 33.9 Å². The fourth-order valence-electron chi connectivity index (χ4n) is 3.85. The highest BCUT2D eigenvalue weighted by molar-refractivity contribution is 6.30. The molecule has 0 saturated carbocycles. The molecule has 0 fully saturated rings. The number of hydrogen-bond donors (Lipinski definition) is 1. The zero-order chi connectivity index (χ0) is 24.0. The Hall–Kier alpha value is -2.65. The van der Waals surface area contributed by atoms with Crippen molar-refractivity contribution >= 4 is 23.4 Å². The Bertz CT molecular complexity index is 944. The van der Waals surface area contributed by atoms with E-state index in [4.69, 9.17) is 16.3 Å². The van der Waals surface area contributed by atoms with Crippen LogP contribution in [0.25, 0.3) is 0 Å². The lowest BCUT2D eigenvalue weighted by atomic mass is 10.0. The fraction of sp³-hybridized carbons (Fsp3) is 0.565. The molecule has 10 heteroatoms. The van der Waals surface area contributed by atoms with Crippen molar-refractivity contribution in [1.29, 1.82) is 0 Å². The van der Waals surface area contributed by atoms with Crippen molar-refractivity contribution in [3.8, 4) is 5.75 Å². The number of ether oxygens (including phenoxy) is 1. The van der Waals surface area contributed by atoms with Crippen LogP contribution >= 0.6 is 11.6 Å². The molecule has 0 unspecified atom stereocenters. The van der Waals surface area contributed by atoms with Gasteiger partial charge in [-0.05, 0) is 50.7 Å². The molecule has 0 aliphatic carbocycles. The molecular formula is C23H33ClN6O3. The molecule has 33 heavy (non-hydrogen) atoms. The van der Waals surface area contributed by atoms with E-state index in [0.29, 0.717) is 49.3 Å². The Kier molecular flexibility index (Phi) is 8.68. The number of aromatic nitrogens is 3. The molecule has 2 aromatic rings. The van der Waals surface area contributed by atoms with E-state index in [1.807, 2.05) is 19.0 Å². The molecule has 2 heterocycles. The van der Waals surface area contributed by atoms with Crippen LogP contribution in [0.5, 0.6) is 5.75 Å². The highest BCUT2D eigenvalue weighted by atomic mass is 35.5. The third-order valence-electron chi connectivity index (χ3n) is 5.40. The van der Waals surface area contributed by atoms with E-state index in [1.54, 1.807) is 29.2 Å². The SMILES string of the molecule is CC(C)C[C@H](NC(=O)CN(C)C)c1nnc2n1CCN(C(=O)COc1ccc(Cl)cc1)CC2. The van der Waals surface area contributed by atoms with E-state index < -0.39 is 0 Å².